The quantitative estimate of drug-likeness (QED) is 0.458. The molecule has 0 spiro atoms. The van der Waals surface area contributed by atoms with E-state index >= 15 is 0 Å². The fraction of sp³-hybridized carbons (Fsp3) is 0. The first-order valence-electron chi connectivity index (χ1n) is 1.51. The summed E-state index contributed by atoms with van der Waals surface area (Å²) in [7, 11) is -6.84. The Labute approximate surface area is 52.7 Å². The molecule has 7 nitrogen and oxygen atoms in total. The Bertz CT molecular complexity index is 285. The fourth-order valence-electron chi connectivity index (χ4n) is 0.0824. The lowest BCUT2D eigenvalue weighted by atomic mass is 13.0. The van der Waals surface area contributed by atoms with Gasteiger partial charge in [0, 0.05) is 0 Å². The van der Waals surface area contributed by atoms with E-state index in [1.54, 1.807) is 0 Å². The van der Waals surface area contributed by atoms with Gasteiger partial charge in [0.2, 0.25) is 0 Å². The van der Waals surface area contributed by atoms with Crippen molar-refractivity contribution in [2.75, 3.05) is 0 Å². The lowest BCUT2D eigenvalue weighted by Gasteiger charge is -1.84. The number of nitrogens with zero attached hydrogens (tertiary/aromatic N) is 1. The second-order valence-corrected chi connectivity index (χ2v) is 2.83. The smallest absolute Gasteiger partial charge is 0.214 e. The standard InChI is InChI=1S/H3N3O4S2/c1-9(6,7)3-2-8(4)5/h3H,(H2,1,6,7). The summed E-state index contributed by atoms with van der Waals surface area (Å²) in [6.07, 6.45) is 0. The monoisotopic (exact) mass is 173 g/mol. The van der Waals surface area contributed by atoms with Gasteiger partial charge in [0.1, 0.15) is 0 Å². The topological polar surface area (TPSA) is 119 Å². The lowest BCUT2D eigenvalue weighted by Crippen LogP contribution is -2.25. The summed E-state index contributed by atoms with van der Waals surface area (Å²) in [6, 6.07) is 0. The van der Waals surface area contributed by atoms with Crippen molar-refractivity contribution in [3.63, 3.8) is 0 Å². The summed E-state index contributed by atoms with van der Waals surface area (Å²) in [5, 5.41) is 4.28. The molecule has 0 aliphatic heterocycles. The SMILES string of the molecule is NS(=O)(=O)NN=S(=O)=O. The van der Waals surface area contributed by atoms with E-state index in [-0.39, 0.29) is 0 Å². The van der Waals surface area contributed by atoms with Crippen molar-refractivity contribution >= 4 is 20.7 Å². The Morgan fingerprint density at radius 1 is 1.44 bits per heavy atom. The van der Waals surface area contributed by atoms with E-state index in [4.69, 9.17) is 0 Å². The van der Waals surface area contributed by atoms with Gasteiger partial charge in [-0.2, -0.15) is 16.8 Å². The molecule has 0 amide bonds. The predicted molar refractivity (Wildman–Crippen MR) is 27.6 cm³/mol. The highest BCUT2D eigenvalue weighted by molar-refractivity contribution is 7.87. The van der Waals surface area contributed by atoms with Crippen LogP contribution < -0.4 is 9.97 Å². The minimum Gasteiger partial charge on any atom is -0.214 e. The van der Waals surface area contributed by atoms with Gasteiger partial charge in [-0.3, -0.25) is 0 Å². The molecule has 0 rings (SSSR count). The number of nitrogens with two attached hydrogens (primary N) is 1. The van der Waals surface area contributed by atoms with Crippen molar-refractivity contribution in [3.8, 4) is 0 Å². The molecule has 0 heterocycles. The van der Waals surface area contributed by atoms with Crippen LogP contribution in [-0.2, 0) is 20.7 Å². The maximum Gasteiger partial charge on any atom is 0.328 e. The van der Waals surface area contributed by atoms with Gasteiger partial charge in [0.25, 0.3) is 10.2 Å². The average Bonchev–Trinajstić information content (AvgIpc) is 1.59. The van der Waals surface area contributed by atoms with Crippen molar-refractivity contribution in [2.24, 2.45) is 9.61 Å². The van der Waals surface area contributed by atoms with Crippen LogP contribution in [-0.4, -0.2) is 16.8 Å². The first-order chi connectivity index (χ1) is 3.92. The molecule has 0 unspecified atom stereocenters. The normalized spacial score (nSPS) is 10.8. The van der Waals surface area contributed by atoms with Crippen molar-refractivity contribution in [1.82, 2.24) is 4.83 Å². The Kier molecular flexibility index (Phi) is 2.70. The van der Waals surface area contributed by atoms with E-state index in [2.05, 4.69) is 9.61 Å². The van der Waals surface area contributed by atoms with E-state index in [9.17, 15) is 16.8 Å². The zero-order chi connectivity index (χ0) is 7.49. The molecule has 0 saturated carbocycles. The molecular weight excluding hydrogens is 170 g/mol. The zero-order valence-corrected chi connectivity index (χ0v) is 5.61. The first kappa shape index (κ1) is 8.49. The lowest BCUT2D eigenvalue weighted by molar-refractivity contribution is 0.583. The van der Waals surface area contributed by atoms with Gasteiger partial charge in [0.15, 0.2) is 0 Å². The van der Waals surface area contributed by atoms with Crippen molar-refractivity contribution in [1.29, 1.82) is 0 Å². The molecule has 0 aromatic carbocycles. The third-order valence-corrected chi connectivity index (χ3v) is 0.941. The molecule has 0 atom stereocenters. The first-order valence-corrected chi connectivity index (χ1v) is 4.09. The zero-order valence-electron chi connectivity index (χ0n) is 3.97. The van der Waals surface area contributed by atoms with Gasteiger partial charge < -0.3 is 0 Å². The minimum atomic E-state index is -4.03. The summed E-state index contributed by atoms with van der Waals surface area (Å²) < 4.78 is 41.0. The van der Waals surface area contributed by atoms with Gasteiger partial charge in [-0.05, 0) is 0 Å². The van der Waals surface area contributed by atoms with Crippen LogP contribution in [0.4, 0.5) is 0 Å². The largest absolute Gasteiger partial charge is 0.328 e. The third kappa shape index (κ3) is 7.49. The number of rotatable bonds is 2. The van der Waals surface area contributed by atoms with Crippen LogP contribution in [0.3, 0.4) is 0 Å². The average molecular weight is 173 g/mol. The highest BCUT2D eigenvalue weighted by Gasteiger charge is 1.95. The third-order valence-electron chi connectivity index (χ3n) is 0.239. The molecule has 0 fully saturated rings. The van der Waals surface area contributed by atoms with Crippen LogP contribution in [0, 0.1) is 0 Å². The van der Waals surface area contributed by atoms with Gasteiger partial charge in [-0.1, -0.05) is 9.30 Å². The molecular formula is H3N3O4S2. The molecule has 0 aromatic heterocycles. The van der Waals surface area contributed by atoms with Crippen LogP contribution >= 0.6 is 0 Å². The van der Waals surface area contributed by atoms with Crippen LogP contribution in [0.25, 0.3) is 0 Å². The maximum atomic E-state index is 9.84. The van der Waals surface area contributed by atoms with Crippen LogP contribution in [0.15, 0.2) is 4.47 Å². The maximum absolute atomic E-state index is 9.84. The number of hydrogen-bond donors (Lipinski definition) is 2. The summed E-state index contributed by atoms with van der Waals surface area (Å²) in [5.74, 6) is 0. The Morgan fingerprint density at radius 2 is 1.89 bits per heavy atom. The van der Waals surface area contributed by atoms with E-state index in [1.807, 2.05) is 0 Å². The van der Waals surface area contributed by atoms with E-state index in [0.29, 0.717) is 0 Å². The summed E-state index contributed by atoms with van der Waals surface area (Å²) in [4.78, 5) is 1.18. The van der Waals surface area contributed by atoms with Crippen molar-refractivity contribution < 1.29 is 16.8 Å². The molecule has 0 saturated heterocycles. The van der Waals surface area contributed by atoms with Crippen LogP contribution in [0.2, 0.25) is 0 Å². The molecule has 0 bridgehead atoms. The molecule has 0 aliphatic carbocycles. The van der Waals surface area contributed by atoms with Crippen molar-refractivity contribution in [2.45, 2.75) is 0 Å². The Morgan fingerprint density at radius 3 is 2.00 bits per heavy atom. The van der Waals surface area contributed by atoms with Gasteiger partial charge in [-0.15, -0.1) is 0 Å². The van der Waals surface area contributed by atoms with E-state index in [1.165, 1.54) is 4.83 Å². The molecule has 0 aliphatic rings. The van der Waals surface area contributed by atoms with Crippen LogP contribution in [0.1, 0.15) is 0 Å². The molecule has 0 radical (unpaired) electrons. The van der Waals surface area contributed by atoms with Gasteiger partial charge >= 0.3 is 10.5 Å². The molecule has 9 heavy (non-hydrogen) atoms. The predicted octanol–water partition coefficient (Wildman–Crippen LogP) is -2.24. The summed E-state index contributed by atoms with van der Waals surface area (Å²) in [6.45, 7) is 0. The van der Waals surface area contributed by atoms with E-state index in [0.717, 1.165) is 0 Å². The highest BCUT2D eigenvalue weighted by atomic mass is 32.2. The van der Waals surface area contributed by atoms with Crippen LogP contribution in [0.5, 0.6) is 0 Å². The molecule has 9 heteroatoms. The Hall–Kier alpha value is -0.510. The van der Waals surface area contributed by atoms with Crippen molar-refractivity contribution in [3.05, 3.63) is 0 Å². The second kappa shape index (κ2) is 2.87. The van der Waals surface area contributed by atoms with E-state index < -0.39 is 20.7 Å². The Balaban J connectivity index is 4.29. The number of nitrogens with one attached hydrogen (secondary N) is 1. The summed E-state index contributed by atoms with van der Waals surface area (Å²) >= 11 is 0. The van der Waals surface area contributed by atoms with Gasteiger partial charge in [-0.25, -0.2) is 5.14 Å². The van der Waals surface area contributed by atoms with Gasteiger partial charge in [0.05, 0.1) is 0 Å². The highest BCUT2D eigenvalue weighted by Crippen LogP contribution is 1.63. The summed E-state index contributed by atoms with van der Waals surface area (Å²) in [5.41, 5.74) is 0. The number of hydrogen-bond acceptors (Lipinski definition) is 5. The molecule has 0 aromatic rings. The second-order valence-electron chi connectivity index (χ2n) is 0.945. The minimum absolute atomic E-state index is 1.18. The molecule has 54 valence electrons. The fourth-order valence-corrected chi connectivity index (χ4v) is 0.741. The molecule has 3 N–H and O–H groups in total.